The fourth-order valence-electron chi connectivity index (χ4n) is 4.23. The molecule has 4 aromatic rings. The molecule has 0 radical (unpaired) electrons. The minimum Gasteiger partial charge on any atom is -0.491 e. The lowest BCUT2D eigenvalue weighted by molar-refractivity contribution is 0.0673. The third-order valence-electron chi connectivity index (χ3n) is 5.90. The summed E-state index contributed by atoms with van der Waals surface area (Å²) in [7, 11) is 0. The van der Waals surface area contributed by atoms with Crippen LogP contribution in [0.2, 0.25) is 0 Å². The van der Waals surface area contributed by atoms with E-state index in [1.807, 2.05) is 25.1 Å². The second-order valence-electron chi connectivity index (χ2n) is 8.04. The Hall–Kier alpha value is -4.00. The number of hydrogen-bond donors (Lipinski definition) is 0. The van der Waals surface area contributed by atoms with E-state index in [4.69, 9.17) is 4.74 Å². The lowest BCUT2D eigenvalue weighted by Gasteiger charge is -2.29. The van der Waals surface area contributed by atoms with Crippen LogP contribution >= 0.6 is 0 Å². The minimum atomic E-state index is -0.326. The summed E-state index contributed by atoms with van der Waals surface area (Å²) in [5, 5.41) is 1.58. The molecule has 0 N–H and O–H groups in total. The molecule has 0 aliphatic carbocycles. The maximum atomic E-state index is 13.7. The summed E-state index contributed by atoms with van der Waals surface area (Å²) in [6.45, 7) is 3.33. The molecule has 33 heavy (non-hydrogen) atoms. The van der Waals surface area contributed by atoms with Crippen LogP contribution in [0, 0.1) is 12.7 Å². The number of rotatable bonds is 5. The van der Waals surface area contributed by atoms with Crippen molar-refractivity contribution in [2.45, 2.75) is 13.5 Å². The van der Waals surface area contributed by atoms with Crippen molar-refractivity contribution >= 4 is 16.7 Å². The largest absolute Gasteiger partial charge is 0.491 e. The van der Waals surface area contributed by atoms with E-state index >= 15 is 0 Å². The van der Waals surface area contributed by atoms with Gasteiger partial charge in [0.1, 0.15) is 23.9 Å². The highest BCUT2D eigenvalue weighted by molar-refractivity contribution is 5.93. The molecule has 1 amide bonds. The summed E-state index contributed by atoms with van der Waals surface area (Å²) in [5.74, 6) is 0.0434. The number of benzene rings is 2. The third-order valence-corrected chi connectivity index (χ3v) is 5.90. The molecule has 2 aromatic heterocycles. The van der Waals surface area contributed by atoms with Crippen LogP contribution < -0.4 is 10.3 Å². The monoisotopic (exact) mass is 443 g/mol. The van der Waals surface area contributed by atoms with Crippen molar-refractivity contribution in [3.05, 3.63) is 94.4 Å². The van der Waals surface area contributed by atoms with Gasteiger partial charge < -0.3 is 14.2 Å². The second-order valence-corrected chi connectivity index (χ2v) is 8.04. The average Bonchev–Trinajstić information content (AvgIpc) is 2.81. The van der Waals surface area contributed by atoms with Gasteiger partial charge in [-0.1, -0.05) is 18.2 Å². The molecule has 1 aliphatic rings. The van der Waals surface area contributed by atoms with E-state index in [1.165, 1.54) is 16.7 Å². The Bertz CT molecular complexity index is 1430. The number of carbonyl (C=O) groups excluding carboxylic acids is 1. The van der Waals surface area contributed by atoms with Gasteiger partial charge in [-0.25, -0.2) is 4.39 Å². The van der Waals surface area contributed by atoms with Crippen molar-refractivity contribution in [1.29, 1.82) is 0 Å². The van der Waals surface area contributed by atoms with Gasteiger partial charge in [-0.05, 0) is 60.3 Å². The normalized spacial score (nSPS) is 13.3. The van der Waals surface area contributed by atoms with Crippen molar-refractivity contribution in [1.82, 2.24) is 14.5 Å². The third kappa shape index (κ3) is 3.98. The van der Waals surface area contributed by atoms with Crippen molar-refractivity contribution < 1.29 is 13.9 Å². The van der Waals surface area contributed by atoms with E-state index in [9.17, 15) is 14.0 Å². The first-order valence-corrected chi connectivity index (χ1v) is 10.8. The molecule has 0 spiro atoms. The molecule has 7 heteroatoms. The van der Waals surface area contributed by atoms with Crippen LogP contribution in [0.25, 0.3) is 21.9 Å². The fourth-order valence-corrected chi connectivity index (χ4v) is 4.23. The number of pyridine rings is 2. The fraction of sp³-hybridized carbons (Fsp3) is 0.192. The maximum absolute atomic E-state index is 13.7. The highest BCUT2D eigenvalue weighted by Gasteiger charge is 2.26. The Morgan fingerprint density at radius 3 is 2.76 bits per heavy atom. The molecular weight excluding hydrogens is 421 g/mol. The molecule has 3 heterocycles. The Balaban J connectivity index is 1.32. The van der Waals surface area contributed by atoms with Gasteiger partial charge in [0.2, 0.25) is 0 Å². The molecule has 6 nitrogen and oxygen atoms in total. The van der Waals surface area contributed by atoms with Gasteiger partial charge in [-0.3, -0.25) is 14.6 Å². The molecule has 0 atom stereocenters. The van der Waals surface area contributed by atoms with E-state index in [-0.39, 0.29) is 23.9 Å². The molecule has 2 aromatic carbocycles. The number of aryl methyl sites for hydroxylation is 1. The van der Waals surface area contributed by atoms with E-state index in [2.05, 4.69) is 4.98 Å². The number of amides is 1. The van der Waals surface area contributed by atoms with Gasteiger partial charge >= 0.3 is 0 Å². The van der Waals surface area contributed by atoms with E-state index in [0.717, 1.165) is 16.6 Å². The number of carbonyl (C=O) groups is 1. The zero-order chi connectivity index (χ0) is 22.9. The number of halogens is 1. The number of nitrogens with zero attached hydrogens (tertiary/aromatic N) is 3. The Kier molecular flexibility index (Phi) is 5.38. The topological polar surface area (TPSA) is 64.4 Å². The van der Waals surface area contributed by atoms with E-state index in [0.29, 0.717) is 42.0 Å². The number of ether oxygens (including phenoxy) is 1. The van der Waals surface area contributed by atoms with Crippen LogP contribution in [0.15, 0.2) is 71.7 Å². The SMILES string of the molecule is Cc1cc(-c2ccc3n(c2=O)CCN(CCOc2cccc4ccc(F)cc24)C3=O)ccn1. The summed E-state index contributed by atoms with van der Waals surface area (Å²) in [6.07, 6.45) is 1.67. The summed E-state index contributed by atoms with van der Waals surface area (Å²) < 4.78 is 21.1. The molecule has 0 fully saturated rings. The van der Waals surface area contributed by atoms with Crippen molar-refractivity contribution in [2.75, 3.05) is 19.7 Å². The van der Waals surface area contributed by atoms with E-state index < -0.39 is 0 Å². The van der Waals surface area contributed by atoms with Gasteiger partial charge in [0.15, 0.2) is 0 Å². The molecule has 5 rings (SSSR count). The molecule has 0 saturated heterocycles. The standard InChI is InChI=1S/C26H22FN3O3/c1-17-15-19(9-10-28-17)21-7-8-23-26(32)29(11-12-30(23)25(21)31)13-14-33-24-4-2-3-18-5-6-20(27)16-22(18)24/h2-10,15-16H,11-14H2,1H3. The van der Waals surface area contributed by atoms with Crippen LogP contribution in [-0.2, 0) is 6.54 Å². The van der Waals surface area contributed by atoms with Gasteiger partial charge in [-0.15, -0.1) is 0 Å². The summed E-state index contributed by atoms with van der Waals surface area (Å²) in [4.78, 5) is 31.9. The van der Waals surface area contributed by atoms with Crippen LogP contribution in [-0.4, -0.2) is 40.1 Å². The lowest BCUT2D eigenvalue weighted by atomic mass is 10.1. The number of hydrogen-bond acceptors (Lipinski definition) is 4. The maximum Gasteiger partial charge on any atom is 0.270 e. The van der Waals surface area contributed by atoms with Crippen LogP contribution in [0.1, 0.15) is 16.2 Å². The first kappa shape index (κ1) is 20.9. The molecule has 0 bridgehead atoms. The average molecular weight is 443 g/mol. The predicted octanol–water partition coefficient (Wildman–Crippen LogP) is 4.05. The van der Waals surface area contributed by atoms with Gasteiger partial charge in [0.25, 0.3) is 11.5 Å². The van der Waals surface area contributed by atoms with Gasteiger partial charge in [0.05, 0.1) is 6.54 Å². The first-order valence-electron chi connectivity index (χ1n) is 10.8. The zero-order valence-corrected chi connectivity index (χ0v) is 18.1. The summed E-state index contributed by atoms with van der Waals surface area (Å²) in [5.41, 5.74) is 2.36. The molecule has 0 unspecified atom stereocenters. The van der Waals surface area contributed by atoms with Crippen LogP contribution in [0.4, 0.5) is 4.39 Å². The Morgan fingerprint density at radius 1 is 1.03 bits per heavy atom. The highest BCUT2D eigenvalue weighted by atomic mass is 19.1. The van der Waals surface area contributed by atoms with Crippen molar-refractivity contribution in [3.8, 4) is 16.9 Å². The Labute approximate surface area is 189 Å². The van der Waals surface area contributed by atoms with Crippen molar-refractivity contribution in [3.63, 3.8) is 0 Å². The number of fused-ring (bicyclic) bond motifs is 2. The van der Waals surface area contributed by atoms with Gasteiger partial charge in [0, 0.05) is 35.9 Å². The predicted molar refractivity (Wildman–Crippen MR) is 124 cm³/mol. The smallest absolute Gasteiger partial charge is 0.270 e. The lowest BCUT2D eigenvalue weighted by Crippen LogP contribution is -2.46. The summed E-state index contributed by atoms with van der Waals surface area (Å²) in [6, 6.07) is 17.2. The second kappa shape index (κ2) is 8.50. The minimum absolute atomic E-state index is 0.180. The molecule has 1 aliphatic heterocycles. The van der Waals surface area contributed by atoms with Crippen molar-refractivity contribution in [2.24, 2.45) is 0 Å². The first-order chi connectivity index (χ1) is 16.0. The Morgan fingerprint density at radius 2 is 1.91 bits per heavy atom. The number of aromatic nitrogens is 2. The van der Waals surface area contributed by atoms with Crippen LogP contribution in [0.3, 0.4) is 0 Å². The molecular formula is C26H22FN3O3. The summed E-state index contributed by atoms with van der Waals surface area (Å²) >= 11 is 0. The molecule has 166 valence electrons. The van der Waals surface area contributed by atoms with Gasteiger partial charge in [-0.2, -0.15) is 0 Å². The van der Waals surface area contributed by atoms with Crippen LogP contribution in [0.5, 0.6) is 5.75 Å². The quantitative estimate of drug-likeness (QED) is 0.467. The molecule has 0 saturated carbocycles. The van der Waals surface area contributed by atoms with E-state index in [1.54, 1.807) is 41.4 Å². The highest BCUT2D eigenvalue weighted by Crippen LogP contribution is 2.26. The zero-order valence-electron chi connectivity index (χ0n) is 18.1.